The molecule has 1 amide bonds. The van der Waals surface area contributed by atoms with Gasteiger partial charge in [0, 0.05) is 18.0 Å². The molecular weight excluding hydrogens is 430 g/mol. The third-order valence-electron chi connectivity index (χ3n) is 5.80. The number of carbonyl (C=O) groups is 4. The molecule has 0 spiro atoms. The highest BCUT2D eigenvalue weighted by atomic mass is 16.4. The maximum absolute atomic E-state index is 13.0. The van der Waals surface area contributed by atoms with Gasteiger partial charge in [-0.1, -0.05) is 52.2 Å². The summed E-state index contributed by atoms with van der Waals surface area (Å²) >= 11 is 0. The van der Waals surface area contributed by atoms with Crippen LogP contribution in [0.25, 0.3) is 0 Å². The van der Waals surface area contributed by atoms with Crippen LogP contribution in [0.15, 0.2) is 24.3 Å². The van der Waals surface area contributed by atoms with Crippen molar-refractivity contribution in [3.05, 3.63) is 24.3 Å². The molecule has 1 saturated carbocycles. The summed E-state index contributed by atoms with van der Waals surface area (Å²) in [5, 5.41) is 14.8. The Morgan fingerprint density at radius 3 is 2.00 bits per heavy atom. The summed E-state index contributed by atoms with van der Waals surface area (Å²) in [6.45, 7) is 6.25. The largest absolute Gasteiger partial charge is 0.473 e. The number of hydrogen-bond donors (Lipinski definition) is 3. The first-order valence-electron chi connectivity index (χ1n) is 10.9. The Morgan fingerprint density at radius 1 is 1.00 bits per heavy atom. The highest BCUT2D eigenvalue weighted by Gasteiger charge is 2.36. The standard InChI is InChI=1S/C21H31N3O2.C2H2O4.H2O/c1-21(2,3)19(25)14-24-18-12-8-7-11-17(18)23(13-16(22)20(24)26)15-9-5-4-6-10-15;3-1(4)2(5)6;/h7-8,11-12,15-16H,4-6,9-10,13-14,22H2,1-3H3;(H,3,4)(H,5,6);1H2. The third-order valence-corrected chi connectivity index (χ3v) is 5.80. The molecule has 0 bridgehead atoms. The lowest BCUT2D eigenvalue weighted by molar-refractivity contribution is -0.159. The highest BCUT2D eigenvalue weighted by molar-refractivity contribution is 6.27. The molecule has 1 unspecified atom stereocenters. The van der Waals surface area contributed by atoms with Gasteiger partial charge in [-0.25, -0.2) is 9.59 Å². The fraction of sp³-hybridized carbons (Fsp3) is 0.565. The number of anilines is 2. The topological polar surface area (TPSA) is 173 Å². The number of aliphatic carboxylic acids is 2. The number of ketones is 1. The maximum atomic E-state index is 13.0. The molecule has 0 saturated heterocycles. The molecule has 0 aromatic heterocycles. The third kappa shape index (κ3) is 7.26. The fourth-order valence-electron chi connectivity index (χ4n) is 3.92. The minimum absolute atomic E-state index is 0. The summed E-state index contributed by atoms with van der Waals surface area (Å²) < 4.78 is 0. The molecule has 10 heteroatoms. The molecular formula is C23H35N3O7. The Morgan fingerprint density at radius 2 is 1.52 bits per heavy atom. The van der Waals surface area contributed by atoms with E-state index in [0.29, 0.717) is 12.6 Å². The summed E-state index contributed by atoms with van der Waals surface area (Å²) in [7, 11) is 0. The van der Waals surface area contributed by atoms with Crippen LogP contribution in [0.3, 0.4) is 0 Å². The van der Waals surface area contributed by atoms with E-state index in [0.717, 1.165) is 24.2 Å². The van der Waals surface area contributed by atoms with E-state index in [1.54, 1.807) is 4.90 Å². The van der Waals surface area contributed by atoms with Crippen molar-refractivity contribution in [1.29, 1.82) is 0 Å². The smallest absolute Gasteiger partial charge is 0.414 e. The predicted molar refractivity (Wildman–Crippen MR) is 124 cm³/mol. The lowest BCUT2D eigenvalue weighted by atomic mass is 9.90. The Bertz CT molecular complexity index is 848. The van der Waals surface area contributed by atoms with E-state index in [-0.39, 0.29) is 23.7 Å². The Balaban J connectivity index is 0.000000691. The van der Waals surface area contributed by atoms with E-state index in [1.807, 2.05) is 39.0 Å². The number of nitrogens with zero attached hydrogens (tertiary/aromatic N) is 2. The van der Waals surface area contributed by atoms with E-state index in [4.69, 9.17) is 25.5 Å². The quantitative estimate of drug-likeness (QED) is 0.562. The van der Waals surface area contributed by atoms with E-state index >= 15 is 0 Å². The number of nitrogens with two attached hydrogens (primary N) is 1. The number of hydrogen-bond acceptors (Lipinski definition) is 6. The second kappa shape index (κ2) is 11.8. The molecule has 3 rings (SSSR count). The molecule has 184 valence electrons. The second-order valence-corrected chi connectivity index (χ2v) is 9.25. The molecule has 1 aromatic carbocycles. The Labute approximate surface area is 193 Å². The van der Waals surface area contributed by atoms with Gasteiger partial charge >= 0.3 is 11.9 Å². The molecule has 10 nitrogen and oxygen atoms in total. The van der Waals surface area contributed by atoms with Crippen LogP contribution in [-0.4, -0.2) is 64.5 Å². The summed E-state index contributed by atoms with van der Waals surface area (Å²) in [6.07, 6.45) is 5.99. The molecule has 1 aliphatic carbocycles. The second-order valence-electron chi connectivity index (χ2n) is 9.25. The average Bonchev–Trinajstić information content (AvgIpc) is 2.84. The number of carboxylic acids is 2. The van der Waals surface area contributed by atoms with Crippen LogP contribution >= 0.6 is 0 Å². The zero-order chi connectivity index (χ0) is 24.1. The van der Waals surface area contributed by atoms with Crippen molar-refractivity contribution in [2.45, 2.75) is 65.0 Å². The summed E-state index contributed by atoms with van der Waals surface area (Å²) in [5.74, 6) is -3.77. The van der Waals surface area contributed by atoms with Crippen LogP contribution < -0.4 is 15.5 Å². The average molecular weight is 466 g/mol. The first-order valence-corrected chi connectivity index (χ1v) is 10.9. The molecule has 1 heterocycles. The molecule has 6 N–H and O–H groups in total. The van der Waals surface area contributed by atoms with Crippen LogP contribution in [0.2, 0.25) is 0 Å². The van der Waals surface area contributed by atoms with Gasteiger partial charge in [0.2, 0.25) is 5.91 Å². The maximum Gasteiger partial charge on any atom is 0.414 e. The lowest BCUT2D eigenvalue weighted by Gasteiger charge is -2.36. The van der Waals surface area contributed by atoms with Crippen molar-refractivity contribution in [3.63, 3.8) is 0 Å². The van der Waals surface area contributed by atoms with Gasteiger partial charge in [-0.05, 0) is 25.0 Å². The normalized spacial score (nSPS) is 18.8. The lowest BCUT2D eigenvalue weighted by Crippen LogP contribution is -2.51. The number of Topliss-reactive ketones (excluding diaryl/α,β-unsaturated/α-hetero) is 1. The number of carboxylic acid groups (broad SMARTS) is 2. The van der Waals surface area contributed by atoms with E-state index in [1.165, 1.54) is 19.3 Å². The number of rotatable bonds is 3. The number of benzene rings is 1. The zero-order valence-corrected chi connectivity index (χ0v) is 19.4. The minimum Gasteiger partial charge on any atom is -0.473 e. The first kappa shape index (κ1) is 28.1. The first-order chi connectivity index (χ1) is 14.9. The van der Waals surface area contributed by atoms with Gasteiger partial charge in [0.05, 0.1) is 17.9 Å². The van der Waals surface area contributed by atoms with Gasteiger partial charge in [-0.3, -0.25) is 9.59 Å². The van der Waals surface area contributed by atoms with E-state index in [9.17, 15) is 9.59 Å². The zero-order valence-electron chi connectivity index (χ0n) is 19.4. The number of fused-ring (bicyclic) bond motifs is 1. The molecule has 1 aliphatic heterocycles. The van der Waals surface area contributed by atoms with Crippen molar-refractivity contribution in [2.75, 3.05) is 22.9 Å². The molecule has 1 atom stereocenters. The predicted octanol–water partition coefficient (Wildman–Crippen LogP) is 1.45. The summed E-state index contributed by atoms with van der Waals surface area (Å²) in [6, 6.07) is 7.73. The molecule has 1 aromatic rings. The van der Waals surface area contributed by atoms with Crippen LogP contribution in [0.5, 0.6) is 0 Å². The molecule has 2 aliphatic rings. The van der Waals surface area contributed by atoms with Gasteiger partial charge in [0.25, 0.3) is 0 Å². The van der Waals surface area contributed by atoms with Crippen LogP contribution in [0.1, 0.15) is 52.9 Å². The Hall–Kier alpha value is -2.98. The fourth-order valence-corrected chi connectivity index (χ4v) is 3.92. The molecule has 33 heavy (non-hydrogen) atoms. The van der Waals surface area contributed by atoms with Crippen molar-refractivity contribution in [1.82, 2.24) is 0 Å². The van der Waals surface area contributed by atoms with Gasteiger partial charge in [0.15, 0.2) is 5.78 Å². The Kier molecular flexibility index (Phi) is 10.00. The van der Waals surface area contributed by atoms with Crippen molar-refractivity contribution in [3.8, 4) is 0 Å². The van der Waals surface area contributed by atoms with E-state index in [2.05, 4.69) is 11.0 Å². The monoisotopic (exact) mass is 465 g/mol. The van der Waals surface area contributed by atoms with Gasteiger partial charge in [0.1, 0.15) is 6.04 Å². The van der Waals surface area contributed by atoms with Crippen LogP contribution in [-0.2, 0) is 19.2 Å². The number of para-hydroxylation sites is 2. The summed E-state index contributed by atoms with van der Waals surface area (Å²) in [5.41, 5.74) is 7.64. The number of amides is 1. The molecule has 0 radical (unpaired) electrons. The van der Waals surface area contributed by atoms with Gasteiger partial charge < -0.3 is 31.2 Å². The molecule has 1 fully saturated rings. The SMILES string of the molecule is CC(C)(C)C(=O)CN1C(=O)C(N)CN(C2CCCCC2)c2ccccc21.O.O=C(O)C(=O)O. The highest BCUT2D eigenvalue weighted by Crippen LogP contribution is 2.37. The van der Waals surface area contributed by atoms with Crippen molar-refractivity contribution in [2.24, 2.45) is 11.1 Å². The van der Waals surface area contributed by atoms with Crippen molar-refractivity contribution < 1.29 is 34.9 Å². The van der Waals surface area contributed by atoms with Crippen LogP contribution in [0, 0.1) is 5.41 Å². The van der Waals surface area contributed by atoms with E-state index < -0.39 is 23.4 Å². The minimum atomic E-state index is -1.82. The van der Waals surface area contributed by atoms with Crippen LogP contribution in [0.4, 0.5) is 11.4 Å². The summed E-state index contributed by atoms with van der Waals surface area (Å²) in [4.78, 5) is 47.8. The van der Waals surface area contributed by atoms with Crippen molar-refractivity contribution >= 4 is 35.0 Å². The number of carbonyl (C=O) groups excluding carboxylic acids is 2. The van der Waals surface area contributed by atoms with Gasteiger partial charge in [-0.15, -0.1) is 0 Å². The van der Waals surface area contributed by atoms with Gasteiger partial charge in [-0.2, -0.15) is 0 Å².